The van der Waals surface area contributed by atoms with Gasteiger partial charge in [0, 0.05) is 0 Å². The molecule has 0 fully saturated rings. The molecule has 1 aliphatic rings. The van der Waals surface area contributed by atoms with Crippen molar-refractivity contribution in [3.05, 3.63) is 28.9 Å². The Kier molecular flexibility index (Phi) is 2.40. The molecule has 0 aromatic carbocycles. The molecule has 0 aliphatic carbocycles. The van der Waals surface area contributed by atoms with E-state index >= 15 is 0 Å². The lowest BCUT2D eigenvalue weighted by Crippen LogP contribution is -1.89. The van der Waals surface area contributed by atoms with Crippen LogP contribution in [0.25, 0.3) is 0 Å². The smallest absolute Gasteiger partial charge is 0.0128 e. The van der Waals surface area contributed by atoms with E-state index in [0.717, 1.165) is 0 Å². The third-order valence-electron chi connectivity index (χ3n) is 1.16. The summed E-state index contributed by atoms with van der Waals surface area (Å²) in [7, 11) is 0.117. The van der Waals surface area contributed by atoms with Gasteiger partial charge in [0.05, 0.1) is 0 Å². The molecule has 0 N–H and O–H groups in total. The minimum absolute atomic E-state index is 0.117. The first-order valence-electron chi connectivity index (χ1n) is 3.19. The quantitative estimate of drug-likeness (QED) is 0.561. The predicted molar refractivity (Wildman–Crippen MR) is 46.7 cm³/mol. The maximum absolute atomic E-state index is 2.31. The molecule has 1 rings (SSSR count). The second-order valence-electron chi connectivity index (χ2n) is 2.56. The van der Waals surface area contributed by atoms with Crippen LogP contribution in [0.5, 0.6) is 0 Å². The van der Waals surface area contributed by atoms with Crippen LogP contribution >= 0.6 is 10.9 Å². The van der Waals surface area contributed by atoms with Gasteiger partial charge in [-0.25, -0.2) is 10.9 Å². The van der Waals surface area contributed by atoms with Crippen molar-refractivity contribution in [3.63, 3.8) is 0 Å². The highest BCUT2D eigenvalue weighted by Gasteiger charge is 2.01. The Morgan fingerprint density at radius 3 is 2.22 bits per heavy atom. The molecule has 0 amide bonds. The first kappa shape index (κ1) is 6.94. The summed E-state index contributed by atoms with van der Waals surface area (Å²) in [6.45, 7) is 4.39. The molecular weight excluding hydrogens is 128 g/mol. The summed E-state index contributed by atoms with van der Waals surface area (Å²) >= 11 is 0. The lowest BCUT2D eigenvalue weighted by molar-refractivity contribution is 1.12. The zero-order chi connectivity index (χ0) is 6.69. The lowest BCUT2D eigenvalue weighted by Gasteiger charge is -2.11. The highest BCUT2D eigenvalue weighted by Crippen LogP contribution is 2.34. The van der Waals surface area contributed by atoms with Crippen LogP contribution in [-0.2, 0) is 0 Å². The van der Waals surface area contributed by atoms with E-state index in [-0.39, 0.29) is 10.9 Å². The summed E-state index contributed by atoms with van der Waals surface area (Å²) in [6.07, 6.45) is 4.29. The number of thiol groups is 1. The van der Waals surface area contributed by atoms with Gasteiger partial charge < -0.3 is 0 Å². The van der Waals surface area contributed by atoms with E-state index in [1.165, 1.54) is 11.7 Å². The van der Waals surface area contributed by atoms with E-state index in [2.05, 4.69) is 36.8 Å². The summed E-state index contributed by atoms with van der Waals surface area (Å²) < 4.78 is 0. The normalized spacial score (nSPS) is 20.1. The van der Waals surface area contributed by atoms with E-state index in [1.54, 1.807) is 0 Å². The largest absolute Gasteiger partial charge is 0.213 e. The molecular formula is C8H13S. The molecule has 0 unspecified atom stereocenters. The zero-order valence-electron chi connectivity index (χ0n) is 5.96. The fraction of sp³-hybridized carbons (Fsp3) is 0.375. The predicted octanol–water partition coefficient (Wildman–Crippen LogP) is 2.64. The van der Waals surface area contributed by atoms with E-state index in [0.29, 0.717) is 0 Å². The SMILES string of the molecule is C[C](C)C[SH]1C=CC=C1. The lowest BCUT2D eigenvalue weighted by atomic mass is 10.3. The van der Waals surface area contributed by atoms with Crippen LogP contribution in [0.4, 0.5) is 0 Å². The minimum atomic E-state index is 0.117. The molecule has 0 saturated carbocycles. The molecule has 0 atom stereocenters. The summed E-state index contributed by atoms with van der Waals surface area (Å²) in [5, 5.41) is 4.62. The molecule has 1 heteroatoms. The first-order valence-corrected chi connectivity index (χ1v) is 4.85. The van der Waals surface area contributed by atoms with Crippen molar-refractivity contribution in [3.8, 4) is 0 Å². The number of hydrogen-bond acceptors (Lipinski definition) is 0. The van der Waals surface area contributed by atoms with Gasteiger partial charge in [-0.05, 0) is 22.5 Å². The highest BCUT2D eigenvalue weighted by molar-refractivity contribution is 8.22. The molecule has 1 aliphatic heterocycles. The summed E-state index contributed by atoms with van der Waals surface area (Å²) in [4.78, 5) is 0. The number of allylic oxidation sites excluding steroid dienone is 2. The van der Waals surface area contributed by atoms with Gasteiger partial charge in [0.25, 0.3) is 0 Å². The van der Waals surface area contributed by atoms with Gasteiger partial charge in [0.15, 0.2) is 0 Å². The molecule has 9 heavy (non-hydrogen) atoms. The van der Waals surface area contributed by atoms with Gasteiger partial charge in [-0.3, -0.25) is 0 Å². The van der Waals surface area contributed by atoms with Crippen molar-refractivity contribution < 1.29 is 0 Å². The van der Waals surface area contributed by atoms with Crippen molar-refractivity contribution in [2.75, 3.05) is 5.75 Å². The van der Waals surface area contributed by atoms with Crippen LogP contribution in [0.15, 0.2) is 23.0 Å². The second-order valence-corrected chi connectivity index (χ2v) is 4.50. The Morgan fingerprint density at radius 2 is 1.78 bits per heavy atom. The Labute approximate surface area is 60.0 Å². The molecule has 51 valence electrons. The van der Waals surface area contributed by atoms with Crippen LogP contribution < -0.4 is 0 Å². The van der Waals surface area contributed by atoms with Gasteiger partial charge in [0.1, 0.15) is 0 Å². The average molecular weight is 141 g/mol. The van der Waals surface area contributed by atoms with Gasteiger partial charge >= 0.3 is 0 Å². The number of hydrogen-bond donors (Lipinski definition) is 1. The fourth-order valence-electron chi connectivity index (χ4n) is 0.841. The van der Waals surface area contributed by atoms with Crippen LogP contribution in [0.3, 0.4) is 0 Å². The molecule has 1 heterocycles. The zero-order valence-corrected chi connectivity index (χ0v) is 6.86. The van der Waals surface area contributed by atoms with Crippen molar-refractivity contribution >= 4 is 10.9 Å². The topological polar surface area (TPSA) is 0 Å². The van der Waals surface area contributed by atoms with Gasteiger partial charge in [0.2, 0.25) is 0 Å². The van der Waals surface area contributed by atoms with Crippen LogP contribution in [0, 0.1) is 5.92 Å². The van der Waals surface area contributed by atoms with E-state index < -0.39 is 0 Å². The van der Waals surface area contributed by atoms with Crippen molar-refractivity contribution in [2.45, 2.75) is 13.8 Å². The van der Waals surface area contributed by atoms with Gasteiger partial charge in [-0.15, -0.1) is 0 Å². The maximum Gasteiger partial charge on any atom is -0.0128 e. The average Bonchev–Trinajstić information content (AvgIpc) is 2.15. The van der Waals surface area contributed by atoms with Crippen LogP contribution in [0.2, 0.25) is 0 Å². The summed E-state index contributed by atoms with van der Waals surface area (Å²) in [5.74, 6) is 2.82. The Hall–Kier alpha value is -0.170. The molecule has 0 bridgehead atoms. The highest BCUT2D eigenvalue weighted by atomic mass is 32.2. The van der Waals surface area contributed by atoms with Gasteiger partial charge in [-0.1, -0.05) is 26.0 Å². The molecule has 0 saturated heterocycles. The third-order valence-corrected chi connectivity index (χ3v) is 3.27. The first-order chi connectivity index (χ1) is 4.29. The minimum Gasteiger partial charge on any atom is -0.213 e. The van der Waals surface area contributed by atoms with Crippen molar-refractivity contribution in [1.82, 2.24) is 0 Å². The van der Waals surface area contributed by atoms with Crippen LogP contribution in [0.1, 0.15) is 13.8 Å². The molecule has 0 aromatic heterocycles. The van der Waals surface area contributed by atoms with E-state index in [9.17, 15) is 0 Å². The molecule has 1 radical (unpaired) electrons. The standard InChI is InChI=1S/C8H13S/c1-8(2)7-9-5-3-4-6-9/h3-6,9H,7H2,1-2H3. The molecule has 0 aromatic rings. The number of rotatable bonds is 2. The van der Waals surface area contributed by atoms with E-state index in [4.69, 9.17) is 0 Å². The molecule has 0 nitrogen and oxygen atoms in total. The second kappa shape index (κ2) is 3.11. The third kappa shape index (κ3) is 2.27. The summed E-state index contributed by atoms with van der Waals surface area (Å²) in [6, 6.07) is 0. The van der Waals surface area contributed by atoms with Gasteiger partial charge in [-0.2, -0.15) is 0 Å². The maximum atomic E-state index is 2.31. The van der Waals surface area contributed by atoms with Crippen molar-refractivity contribution in [2.24, 2.45) is 0 Å². The van der Waals surface area contributed by atoms with E-state index in [1.807, 2.05) is 0 Å². The van der Waals surface area contributed by atoms with Crippen LogP contribution in [-0.4, -0.2) is 5.75 Å². The fourth-order valence-corrected chi connectivity index (χ4v) is 2.52. The Balaban J connectivity index is 2.29. The van der Waals surface area contributed by atoms with Crippen molar-refractivity contribution in [1.29, 1.82) is 0 Å². The monoisotopic (exact) mass is 141 g/mol. The Bertz CT molecular complexity index is 122. The molecule has 0 spiro atoms. The summed E-state index contributed by atoms with van der Waals surface area (Å²) in [5.41, 5.74) is 0. The Morgan fingerprint density at radius 1 is 1.22 bits per heavy atom.